The van der Waals surface area contributed by atoms with Crippen LogP contribution in [-0.2, 0) is 5.41 Å². The maximum absolute atomic E-state index is 2.50. The predicted octanol–water partition coefficient (Wildman–Crippen LogP) is 14.8. The van der Waals surface area contributed by atoms with E-state index in [9.17, 15) is 0 Å². The third-order valence-electron chi connectivity index (χ3n) is 12.0. The van der Waals surface area contributed by atoms with Crippen LogP contribution >= 0.6 is 0 Å². The van der Waals surface area contributed by atoms with Crippen molar-refractivity contribution < 1.29 is 0 Å². The van der Waals surface area contributed by atoms with Gasteiger partial charge < -0.3 is 0 Å². The van der Waals surface area contributed by atoms with Gasteiger partial charge in [0.15, 0.2) is 0 Å². The van der Waals surface area contributed by atoms with E-state index in [1.165, 1.54) is 109 Å². The quantitative estimate of drug-likeness (QED) is 0.175. The second-order valence-electron chi connectivity index (χ2n) is 15.3. The summed E-state index contributed by atoms with van der Waals surface area (Å²) in [7, 11) is 0. The number of hydrogen-bond acceptors (Lipinski definition) is 0. The summed E-state index contributed by atoms with van der Waals surface area (Å²) in [5, 5.41) is 12.9. The zero-order chi connectivity index (χ0) is 35.3. The Balaban J connectivity index is 1.03. The van der Waals surface area contributed by atoms with Crippen LogP contribution in [0, 0.1) is 0 Å². The minimum Gasteiger partial charge on any atom is -0.0616 e. The molecule has 0 amide bonds. The van der Waals surface area contributed by atoms with Crippen LogP contribution in [0.5, 0.6) is 0 Å². The molecule has 0 heteroatoms. The first-order valence-electron chi connectivity index (χ1n) is 18.7. The van der Waals surface area contributed by atoms with Gasteiger partial charge in [-0.1, -0.05) is 166 Å². The fraction of sp³-hybridized carbons (Fsp3) is 0.0566. The molecule has 0 bridgehead atoms. The van der Waals surface area contributed by atoms with E-state index in [0.717, 1.165) is 0 Å². The van der Waals surface area contributed by atoms with Crippen molar-refractivity contribution in [2.75, 3.05) is 0 Å². The number of benzene rings is 10. The highest BCUT2D eigenvalue weighted by molar-refractivity contribution is 6.12. The summed E-state index contributed by atoms with van der Waals surface area (Å²) < 4.78 is 0. The molecule has 0 fully saturated rings. The first kappa shape index (κ1) is 30.2. The second-order valence-corrected chi connectivity index (χ2v) is 15.3. The molecular weight excluding hydrogens is 637 g/mol. The molecule has 0 radical (unpaired) electrons. The van der Waals surface area contributed by atoms with E-state index in [1.807, 2.05) is 0 Å². The normalized spacial score (nSPS) is 13.2. The maximum Gasteiger partial charge on any atom is 0.0165 e. The first-order chi connectivity index (χ1) is 26.0. The van der Waals surface area contributed by atoms with Crippen molar-refractivity contribution in [2.24, 2.45) is 0 Å². The van der Waals surface area contributed by atoms with Crippen molar-refractivity contribution in [1.29, 1.82) is 0 Å². The molecule has 0 saturated heterocycles. The third-order valence-corrected chi connectivity index (χ3v) is 12.0. The molecule has 10 aromatic rings. The molecule has 248 valence electrons. The van der Waals surface area contributed by atoms with Crippen LogP contribution in [0.4, 0.5) is 0 Å². The molecule has 0 atom stereocenters. The summed E-state index contributed by atoms with van der Waals surface area (Å²) in [4.78, 5) is 0. The SMILES string of the molecule is CC1(C)c2cc(-c3ccc4cc(-c5ccc6ccccc6c5)ccc4c3)c3ccccc3c2-c2ccc3cc(-c4cccc5ccccc45)ccc3c21. The molecule has 0 heterocycles. The van der Waals surface area contributed by atoms with E-state index in [1.54, 1.807) is 0 Å². The van der Waals surface area contributed by atoms with E-state index >= 15 is 0 Å². The van der Waals surface area contributed by atoms with Gasteiger partial charge in [-0.2, -0.15) is 0 Å². The van der Waals surface area contributed by atoms with Gasteiger partial charge in [-0.3, -0.25) is 0 Å². The summed E-state index contributed by atoms with van der Waals surface area (Å²) in [6, 6.07) is 67.9. The Morgan fingerprint density at radius 3 is 1.62 bits per heavy atom. The molecule has 0 unspecified atom stereocenters. The molecule has 0 nitrogen and oxygen atoms in total. The van der Waals surface area contributed by atoms with Crippen molar-refractivity contribution in [3.63, 3.8) is 0 Å². The van der Waals surface area contributed by atoms with Crippen molar-refractivity contribution >= 4 is 53.9 Å². The van der Waals surface area contributed by atoms with E-state index in [2.05, 4.69) is 196 Å². The monoisotopic (exact) mass is 672 g/mol. The van der Waals surface area contributed by atoms with Crippen molar-refractivity contribution in [1.82, 2.24) is 0 Å². The zero-order valence-electron chi connectivity index (χ0n) is 29.8. The minimum absolute atomic E-state index is 0.171. The Labute approximate surface area is 309 Å². The van der Waals surface area contributed by atoms with Gasteiger partial charge in [0.2, 0.25) is 0 Å². The van der Waals surface area contributed by atoms with Gasteiger partial charge in [0.25, 0.3) is 0 Å². The Morgan fingerprint density at radius 1 is 0.302 bits per heavy atom. The van der Waals surface area contributed by atoms with Gasteiger partial charge in [-0.15, -0.1) is 0 Å². The van der Waals surface area contributed by atoms with Crippen LogP contribution in [0.3, 0.4) is 0 Å². The number of fused-ring (bicyclic) bond motifs is 10. The topological polar surface area (TPSA) is 0 Å². The smallest absolute Gasteiger partial charge is 0.0165 e. The summed E-state index contributed by atoms with van der Waals surface area (Å²) in [5.41, 5.74) is 13.0. The fourth-order valence-electron chi connectivity index (χ4n) is 9.35. The molecule has 10 aromatic carbocycles. The summed E-state index contributed by atoms with van der Waals surface area (Å²) >= 11 is 0. The average Bonchev–Trinajstić information content (AvgIpc) is 3.45. The van der Waals surface area contributed by atoms with Gasteiger partial charge in [0.05, 0.1) is 0 Å². The Bertz CT molecular complexity index is 3130. The van der Waals surface area contributed by atoms with Crippen LogP contribution in [0.2, 0.25) is 0 Å². The molecule has 11 rings (SSSR count). The first-order valence-corrected chi connectivity index (χ1v) is 18.7. The van der Waals surface area contributed by atoms with Crippen molar-refractivity contribution in [3.8, 4) is 44.5 Å². The van der Waals surface area contributed by atoms with Crippen LogP contribution in [0.1, 0.15) is 25.0 Å². The fourth-order valence-corrected chi connectivity index (χ4v) is 9.35. The summed E-state index contributed by atoms with van der Waals surface area (Å²) in [6.07, 6.45) is 0. The highest BCUT2D eigenvalue weighted by atomic mass is 14.4. The maximum atomic E-state index is 2.50. The van der Waals surface area contributed by atoms with Crippen LogP contribution < -0.4 is 0 Å². The molecule has 0 aliphatic heterocycles. The number of hydrogen-bond donors (Lipinski definition) is 0. The molecule has 0 aromatic heterocycles. The van der Waals surface area contributed by atoms with Crippen LogP contribution in [0.15, 0.2) is 182 Å². The standard InChI is InChI=1S/C53H36/c1-53(2)50-32-49(42-23-22-38-29-37(20-21-39(38)30-42)36-19-18-33-10-3-4-12-35(33)28-36)46-15-7-8-16-47(46)51(50)48-27-25-41-31-40(24-26-45(41)52(48)53)44-17-9-13-34-11-5-6-14-43(34)44/h3-32H,1-2H3. The van der Waals surface area contributed by atoms with Crippen LogP contribution in [-0.4, -0.2) is 0 Å². The Kier molecular flexibility index (Phi) is 6.40. The lowest BCUT2D eigenvalue weighted by atomic mass is 9.78. The minimum atomic E-state index is -0.171. The molecular formula is C53H36. The summed E-state index contributed by atoms with van der Waals surface area (Å²) in [6.45, 7) is 4.84. The van der Waals surface area contributed by atoms with Gasteiger partial charge in [0.1, 0.15) is 0 Å². The molecule has 53 heavy (non-hydrogen) atoms. The van der Waals surface area contributed by atoms with Gasteiger partial charge in [-0.05, 0) is 140 Å². The molecule has 0 N–H and O–H groups in total. The molecule has 1 aliphatic carbocycles. The highest BCUT2D eigenvalue weighted by Gasteiger charge is 2.38. The van der Waals surface area contributed by atoms with E-state index < -0.39 is 0 Å². The Hall–Kier alpha value is -6.50. The lowest BCUT2D eigenvalue weighted by Gasteiger charge is -2.24. The predicted molar refractivity (Wildman–Crippen MR) is 228 cm³/mol. The third kappa shape index (κ3) is 4.55. The highest BCUT2D eigenvalue weighted by Crippen LogP contribution is 2.55. The zero-order valence-corrected chi connectivity index (χ0v) is 29.8. The van der Waals surface area contributed by atoms with Crippen molar-refractivity contribution in [2.45, 2.75) is 19.3 Å². The second kappa shape index (κ2) is 11.2. The van der Waals surface area contributed by atoms with Gasteiger partial charge in [0, 0.05) is 5.41 Å². The molecule has 1 aliphatic rings. The lowest BCUT2D eigenvalue weighted by Crippen LogP contribution is -2.15. The average molecular weight is 673 g/mol. The van der Waals surface area contributed by atoms with Gasteiger partial charge >= 0.3 is 0 Å². The largest absolute Gasteiger partial charge is 0.0616 e. The van der Waals surface area contributed by atoms with E-state index in [0.29, 0.717) is 0 Å². The van der Waals surface area contributed by atoms with E-state index in [-0.39, 0.29) is 5.41 Å². The van der Waals surface area contributed by atoms with Crippen LogP contribution in [0.25, 0.3) is 98.4 Å². The van der Waals surface area contributed by atoms with Gasteiger partial charge in [-0.25, -0.2) is 0 Å². The van der Waals surface area contributed by atoms with E-state index in [4.69, 9.17) is 0 Å². The Morgan fingerprint density at radius 2 is 0.830 bits per heavy atom. The summed E-state index contributed by atoms with van der Waals surface area (Å²) in [5.74, 6) is 0. The molecule has 0 saturated carbocycles. The lowest BCUT2D eigenvalue weighted by molar-refractivity contribution is 0.667. The molecule has 0 spiro atoms. The van der Waals surface area contributed by atoms with Crippen molar-refractivity contribution in [3.05, 3.63) is 193 Å². The number of rotatable bonds is 3.